The van der Waals surface area contributed by atoms with Gasteiger partial charge in [0.15, 0.2) is 0 Å². The smallest absolute Gasteiger partial charge is 0.306 e. The molecule has 2 atom stereocenters. The van der Waals surface area contributed by atoms with E-state index in [1.807, 2.05) is 0 Å². The van der Waals surface area contributed by atoms with Crippen molar-refractivity contribution in [2.24, 2.45) is 11.8 Å². The molecule has 0 spiro atoms. The summed E-state index contributed by atoms with van der Waals surface area (Å²) < 4.78 is 0. The van der Waals surface area contributed by atoms with Crippen molar-refractivity contribution in [2.45, 2.75) is 65.2 Å². The lowest BCUT2D eigenvalue weighted by molar-refractivity contribution is -0.143. The monoisotopic (exact) mass is 258 g/mol. The number of carboxylic acids is 2. The third-order valence-electron chi connectivity index (χ3n) is 3.28. The fourth-order valence-corrected chi connectivity index (χ4v) is 2.19. The molecule has 0 saturated heterocycles. The Balaban J connectivity index is 3.94. The molecule has 0 heterocycles. The highest BCUT2D eigenvalue weighted by molar-refractivity contribution is 5.70. The molecular weight excluding hydrogens is 232 g/mol. The highest BCUT2D eigenvalue weighted by atomic mass is 16.4. The maximum atomic E-state index is 11.1. The van der Waals surface area contributed by atoms with Gasteiger partial charge in [0.05, 0.1) is 5.92 Å². The average molecular weight is 258 g/mol. The summed E-state index contributed by atoms with van der Waals surface area (Å²) in [7, 11) is 0. The Hall–Kier alpha value is -1.06. The SMILES string of the molecule is CCCCCC(C)CC(CCCC(=O)O)C(=O)O. The first-order chi connectivity index (χ1) is 8.47. The number of carbonyl (C=O) groups is 2. The quantitative estimate of drug-likeness (QED) is 0.556. The van der Waals surface area contributed by atoms with E-state index in [0.29, 0.717) is 25.2 Å². The second kappa shape index (κ2) is 9.92. The molecule has 18 heavy (non-hydrogen) atoms. The molecule has 0 aliphatic heterocycles. The normalized spacial score (nSPS) is 14.1. The largest absolute Gasteiger partial charge is 0.481 e. The highest BCUT2D eigenvalue weighted by Gasteiger charge is 2.20. The van der Waals surface area contributed by atoms with Crippen molar-refractivity contribution in [1.82, 2.24) is 0 Å². The van der Waals surface area contributed by atoms with Crippen LogP contribution in [-0.2, 0) is 9.59 Å². The van der Waals surface area contributed by atoms with Crippen LogP contribution in [0.25, 0.3) is 0 Å². The standard InChI is InChI=1S/C14H26O4/c1-3-4-5-7-11(2)10-12(14(17)18)8-6-9-13(15)16/h11-12H,3-10H2,1-2H3,(H,15,16)(H,17,18). The Labute approximate surface area is 109 Å². The van der Waals surface area contributed by atoms with Crippen molar-refractivity contribution in [2.75, 3.05) is 0 Å². The fraction of sp³-hybridized carbons (Fsp3) is 0.857. The van der Waals surface area contributed by atoms with Gasteiger partial charge in [-0.15, -0.1) is 0 Å². The van der Waals surface area contributed by atoms with Crippen molar-refractivity contribution in [3.63, 3.8) is 0 Å². The van der Waals surface area contributed by atoms with Gasteiger partial charge in [-0.3, -0.25) is 9.59 Å². The topological polar surface area (TPSA) is 74.6 Å². The van der Waals surface area contributed by atoms with Crippen LogP contribution in [0.5, 0.6) is 0 Å². The van der Waals surface area contributed by atoms with Crippen molar-refractivity contribution in [3.8, 4) is 0 Å². The lowest BCUT2D eigenvalue weighted by Crippen LogP contribution is -2.17. The van der Waals surface area contributed by atoms with Crippen LogP contribution in [0.4, 0.5) is 0 Å². The maximum Gasteiger partial charge on any atom is 0.306 e. The lowest BCUT2D eigenvalue weighted by atomic mass is 9.88. The molecule has 0 amide bonds. The number of rotatable bonds is 11. The van der Waals surface area contributed by atoms with Crippen LogP contribution < -0.4 is 0 Å². The van der Waals surface area contributed by atoms with Crippen LogP contribution >= 0.6 is 0 Å². The fourth-order valence-electron chi connectivity index (χ4n) is 2.19. The van der Waals surface area contributed by atoms with E-state index < -0.39 is 11.9 Å². The third-order valence-corrected chi connectivity index (χ3v) is 3.28. The maximum absolute atomic E-state index is 11.1. The van der Waals surface area contributed by atoms with Crippen molar-refractivity contribution in [1.29, 1.82) is 0 Å². The molecule has 0 fully saturated rings. The number of carboxylic acid groups (broad SMARTS) is 2. The van der Waals surface area contributed by atoms with Gasteiger partial charge in [0.1, 0.15) is 0 Å². The summed E-state index contributed by atoms with van der Waals surface area (Å²) >= 11 is 0. The molecule has 0 aromatic rings. The van der Waals surface area contributed by atoms with Gasteiger partial charge in [-0.2, -0.15) is 0 Å². The van der Waals surface area contributed by atoms with Crippen LogP contribution in [0.3, 0.4) is 0 Å². The van der Waals surface area contributed by atoms with Gasteiger partial charge in [0.25, 0.3) is 0 Å². The molecule has 0 bridgehead atoms. The molecule has 0 aliphatic carbocycles. The molecular formula is C14H26O4. The van der Waals surface area contributed by atoms with Gasteiger partial charge >= 0.3 is 11.9 Å². The van der Waals surface area contributed by atoms with Crippen LogP contribution in [0, 0.1) is 11.8 Å². The van der Waals surface area contributed by atoms with E-state index in [-0.39, 0.29) is 12.3 Å². The van der Waals surface area contributed by atoms with Crippen LogP contribution in [0.15, 0.2) is 0 Å². The lowest BCUT2D eigenvalue weighted by Gasteiger charge is -2.17. The number of hydrogen-bond donors (Lipinski definition) is 2. The summed E-state index contributed by atoms with van der Waals surface area (Å²) in [6.07, 6.45) is 6.24. The minimum absolute atomic E-state index is 0.0635. The van der Waals surface area contributed by atoms with Crippen LogP contribution in [0.1, 0.15) is 65.2 Å². The Morgan fingerprint density at radius 2 is 1.72 bits per heavy atom. The highest BCUT2D eigenvalue weighted by Crippen LogP contribution is 2.22. The van der Waals surface area contributed by atoms with E-state index in [2.05, 4.69) is 13.8 Å². The second-order valence-corrected chi connectivity index (χ2v) is 5.16. The predicted molar refractivity (Wildman–Crippen MR) is 70.5 cm³/mol. The second-order valence-electron chi connectivity index (χ2n) is 5.16. The molecule has 2 N–H and O–H groups in total. The van der Waals surface area contributed by atoms with Gasteiger partial charge in [-0.1, -0.05) is 39.5 Å². The van der Waals surface area contributed by atoms with Gasteiger partial charge < -0.3 is 10.2 Å². The van der Waals surface area contributed by atoms with E-state index >= 15 is 0 Å². The Morgan fingerprint density at radius 1 is 1.06 bits per heavy atom. The molecule has 106 valence electrons. The summed E-state index contributed by atoms with van der Waals surface area (Å²) in [5.41, 5.74) is 0. The van der Waals surface area contributed by atoms with Crippen molar-refractivity contribution >= 4 is 11.9 Å². The van der Waals surface area contributed by atoms with E-state index in [4.69, 9.17) is 10.2 Å². The predicted octanol–water partition coefficient (Wildman–Crippen LogP) is 3.55. The molecule has 0 saturated carbocycles. The zero-order valence-corrected chi connectivity index (χ0v) is 11.5. The van der Waals surface area contributed by atoms with Crippen molar-refractivity contribution < 1.29 is 19.8 Å². The van der Waals surface area contributed by atoms with Crippen LogP contribution in [-0.4, -0.2) is 22.2 Å². The number of hydrogen-bond acceptors (Lipinski definition) is 2. The third kappa shape index (κ3) is 9.02. The van der Waals surface area contributed by atoms with Gasteiger partial charge in [-0.25, -0.2) is 0 Å². The first-order valence-electron chi connectivity index (χ1n) is 6.92. The minimum Gasteiger partial charge on any atom is -0.481 e. The molecule has 0 aliphatic rings. The van der Waals surface area contributed by atoms with Crippen molar-refractivity contribution in [3.05, 3.63) is 0 Å². The molecule has 4 heteroatoms. The first kappa shape index (κ1) is 16.9. The molecule has 0 rings (SSSR count). The van der Waals surface area contributed by atoms with Gasteiger partial charge in [0.2, 0.25) is 0 Å². The van der Waals surface area contributed by atoms with E-state index in [1.165, 1.54) is 12.8 Å². The summed E-state index contributed by atoms with van der Waals surface area (Å²) in [6, 6.07) is 0. The summed E-state index contributed by atoms with van der Waals surface area (Å²) in [5.74, 6) is -1.62. The molecule has 4 nitrogen and oxygen atoms in total. The first-order valence-corrected chi connectivity index (χ1v) is 6.92. The summed E-state index contributed by atoms with van der Waals surface area (Å²) in [5, 5.41) is 17.7. The van der Waals surface area contributed by atoms with E-state index in [1.54, 1.807) is 0 Å². The zero-order chi connectivity index (χ0) is 14.0. The minimum atomic E-state index is -0.852. The summed E-state index contributed by atoms with van der Waals surface area (Å²) in [4.78, 5) is 21.5. The van der Waals surface area contributed by atoms with Gasteiger partial charge in [-0.05, 0) is 25.2 Å². The summed E-state index contributed by atoms with van der Waals surface area (Å²) in [6.45, 7) is 4.24. The Bertz CT molecular complexity index is 250. The van der Waals surface area contributed by atoms with E-state index in [0.717, 1.165) is 12.8 Å². The molecule has 2 unspecified atom stereocenters. The molecule has 0 aromatic heterocycles. The van der Waals surface area contributed by atoms with Crippen LogP contribution in [0.2, 0.25) is 0 Å². The average Bonchev–Trinajstić information content (AvgIpc) is 2.27. The molecule has 0 aromatic carbocycles. The van der Waals surface area contributed by atoms with E-state index in [9.17, 15) is 9.59 Å². The molecule has 0 radical (unpaired) electrons. The van der Waals surface area contributed by atoms with Gasteiger partial charge in [0, 0.05) is 6.42 Å². The Kier molecular flexibility index (Phi) is 9.33. The number of aliphatic carboxylic acids is 2. The Morgan fingerprint density at radius 3 is 2.22 bits per heavy atom. The number of unbranched alkanes of at least 4 members (excludes halogenated alkanes) is 2. The zero-order valence-electron chi connectivity index (χ0n) is 11.5.